The molecule has 1 atom stereocenters. The van der Waals surface area contributed by atoms with Crippen molar-refractivity contribution in [2.75, 3.05) is 13.7 Å². The first-order valence-corrected chi connectivity index (χ1v) is 11.4. The molecule has 0 saturated carbocycles. The quantitative estimate of drug-likeness (QED) is 0.524. The van der Waals surface area contributed by atoms with E-state index in [0.29, 0.717) is 5.56 Å². The number of carbonyl (C=O) groups excluding carboxylic acids is 2. The van der Waals surface area contributed by atoms with Gasteiger partial charge in [0.05, 0.1) is 0 Å². The summed E-state index contributed by atoms with van der Waals surface area (Å²) in [7, 11) is 1.41. The maximum Gasteiger partial charge on any atom is 0.408 e. The van der Waals surface area contributed by atoms with Crippen molar-refractivity contribution < 1.29 is 24.2 Å². The smallest absolute Gasteiger partial charge is 0.408 e. The summed E-state index contributed by atoms with van der Waals surface area (Å²) >= 11 is 0. The number of ether oxygens (including phenoxy) is 1. The number of aliphatic carboxylic acids is 1. The molecule has 3 aromatic rings. The summed E-state index contributed by atoms with van der Waals surface area (Å²) in [6.07, 6.45) is -0.754. The van der Waals surface area contributed by atoms with Crippen LogP contribution in [0.25, 0.3) is 11.1 Å². The molecular formula is C28H28N2O5. The van der Waals surface area contributed by atoms with Gasteiger partial charge in [-0.3, -0.25) is 4.79 Å². The van der Waals surface area contributed by atoms with Gasteiger partial charge in [-0.1, -0.05) is 78.9 Å². The van der Waals surface area contributed by atoms with E-state index >= 15 is 0 Å². The zero-order valence-corrected chi connectivity index (χ0v) is 19.9. The Morgan fingerprint density at radius 2 is 1.43 bits per heavy atom. The number of nitrogens with zero attached hydrogens (tertiary/aromatic N) is 1. The number of carbonyl (C=O) groups is 3. The van der Waals surface area contributed by atoms with E-state index in [-0.39, 0.29) is 12.5 Å². The number of benzene rings is 3. The van der Waals surface area contributed by atoms with Crippen molar-refractivity contribution in [2.45, 2.75) is 31.3 Å². The first kappa shape index (κ1) is 24.0. The van der Waals surface area contributed by atoms with Crippen LogP contribution in [-0.4, -0.2) is 47.2 Å². The summed E-state index contributed by atoms with van der Waals surface area (Å²) in [6, 6.07) is 23.6. The van der Waals surface area contributed by atoms with Crippen LogP contribution in [0.3, 0.4) is 0 Å². The van der Waals surface area contributed by atoms with Crippen LogP contribution < -0.4 is 5.32 Å². The fraction of sp³-hybridized carbons (Fsp3) is 0.250. The molecule has 1 unspecified atom stereocenters. The molecule has 0 aliphatic heterocycles. The summed E-state index contributed by atoms with van der Waals surface area (Å²) in [6.45, 7) is 2.97. The summed E-state index contributed by atoms with van der Waals surface area (Å²) < 4.78 is 5.62. The van der Waals surface area contributed by atoms with Crippen LogP contribution in [0.5, 0.6) is 0 Å². The van der Waals surface area contributed by atoms with Gasteiger partial charge in [0.15, 0.2) is 0 Å². The first-order chi connectivity index (χ1) is 16.7. The van der Waals surface area contributed by atoms with Gasteiger partial charge in [0, 0.05) is 13.0 Å². The van der Waals surface area contributed by atoms with Gasteiger partial charge >= 0.3 is 12.1 Å². The molecule has 0 heterocycles. The SMILES string of the molecule is CN(C(=O)C(NC(=O)OCC1c2ccccc2-c2ccccc21)c1ccccc1)C(C)(C)C(=O)O. The second kappa shape index (κ2) is 9.62. The van der Waals surface area contributed by atoms with Crippen molar-refractivity contribution >= 4 is 18.0 Å². The molecule has 4 rings (SSSR count). The van der Waals surface area contributed by atoms with Crippen LogP contribution in [-0.2, 0) is 14.3 Å². The molecule has 0 radical (unpaired) electrons. The Morgan fingerprint density at radius 1 is 0.914 bits per heavy atom. The molecule has 2 N–H and O–H groups in total. The molecule has 0 spiro atoms. The number of hydrogen-bond acceptors (Lipinski definition) is 4. The molecule has 1 aliphatic carbocycles. The van der Waals surface area contributed by atoms with Crippen molar-refractivity contribution in [3.8, 4) is 11.1 Å². The Labute approximate surface area is 204 Å². The lowest BCUT2D eigenvalue weighted by atomic mass is 9.98. The fourth-order valence-electron chi connectivity index (χ4n) is 4.30. The van der Waals surface area contributed by atoms with E-state index in [0.717, 1.165) is 27.2 Å². The zero-order valence-electron chi connectivity index (χ0n) is 19.9. The first-order valence-electron chi connectivity index (χ1n) is 11.4. The van der Waals surface area contributed by atoms with Gasteiger partial charge in [-0.15, -0.1) is 0 Å². The summed E-state index contributed by atoms with van der Waals surface area (Å²) in [5.74, 6) is -1.83. The van der Waals surface area contributed by atoms with Crippen molar-refractivity contribution in [1.29, 1.82) is 0 Å². The van der Waals surface area contributed by atoms with Gasteiger partial charge in [-0.05, 0) is 41.7 Å². The molecule has 1 aliphatic rings. The van der Waals surface area contributed by atoms with Crippen molar-refractivity contribution in [3.63, 3.8) is 0 Å². The minimum atomic E-state index is -1.47. The van der Waals surface area contributed by atoms with E-state index in [9.17, 15) is 19.5 Å². The molecule has 0 bridgehead atoms. The lowest BCUT2D eigenvalue weighted by Crippen LogP contribution is -2.54. The highest BCUT2D eigenvalue weighted by molar-refractivity contribution is 5.91. The lowest BCUT2D eigenvalue weighted by molar-refractivity contribution is -0.156. The molecule has 0 saturated heterocycles. The largest absolute Gasteiger partial charge is 0.480 e. The third kappa shape index (κ3) is 4.62. The van der Waals surface area contributed by atoms with Gasteiger partial charge in [0.1, 0.15) is 18.2 Å². The Bertz CT molecular complexity index is 1210. The van der Waals surface area contributed by atoms with Gasteiger partial charge in [0.25, 0.3) is 5.91 Å². The maximum absolute atomic E-state index is 13.3. The molecular weight excluding hydrogens is 444 g/mol. The zero-order chi connectivity index (χ0) is 25.2. The number of amides is 2. The standard InChI is InChI=1S/C28H28N2O5/c1-28(2,26(32)33)30(3)25(31)24(18-11-5-4-6-12-18)29-27(34)35-17-23-21-15-9-7-13-19(21)20-14-8-10-16-22(20)23/h4-16,23-24H,17H2,1-3H3,(H,29,34)(H,32,33). The Balaban J connectivity index is 1.53. The van der Waals surface area contributed by atoms with Crippen LogP contribution in [0.2, 0.25) is 0 Å². The Morgan fingerprint density at radius 3 is 1.97 bits per heavy atom. The minimum Gasteiger partial charge on any atom is -0.480 e. The maximum atomic E-state index is 13.3. The molecule has 180 valence electrons. The van der Waals surface area contributed by atoms with Gasteiger partial charge < -0.3 is 20.1 Å². The Hall–Kier alpha value is -4.13. The highest BCUT2D eigenvalue weighted by atomic mass is 16.5. The molecule has 2 amide bonds. The number of hydrogen-bond donors (Lipinski definition) is 2. The second-order valence-corrected chi connectivity index (χ2v) is 9.08. The van der Waals surface area contributed by atoms with Crippen LogP contribution in [0, 0.1) is 0 Å². The monoisotopic (exact) mass is 472 g/mol. The van der Waals surface area contributed by atoms with Crippen molar-refractivity contribution in [1.82, 2.24) is 10.2 Å². The molecule has 7 heteroatoms. The topological polar surface area (TPSA) is 95.9 Å². The van der Waals surface area contributed by atoms with Crippen molar-refractivity contribution in [3.05, 3.63) is 95.6 Å². The van der Waals surface area contributed by atoms with Gasteiger partial charge in [-0.25, -0.2) is 9.59 Å². The van der Waals surface area contributed by atoms with Gasteiger partial charge in [-0.2, -0.15) is 0 Å². The number of carboxylic acids is 1. The summed E-state index contributed by atoms with van der Waals surface area (Å²) in [5, 5.41) is 12.2. The van der Waals surface area contributed by atoms with E-state index in [1.165, 1.54) is 20.9 Å². The van der Waals surface area contributed by atoms with E-state index in [4.69, 9.17) is 4.74 Å². The van der Waals surface area contributed by atoms with Crippen LogP contribution in [0.1, 0.15) is 42.5 Å². The molecule has 0 aromatic heterocycles. The minimum absolute atomic E-state index is 0.103. The summed E-state index contributed by atoms with van der Waals surface area (Å²) in [5.41, 5.74) is 3.46. The number of rotatable bonds is 7. The fourth-order valence-corrected chi connectivity index (χ4v) is 4.30. The molecule has 35 heavy (non-hydrogen) atoms. The normalized spacial score (nSPS) is 13.3. The highest BCUT2D eigenvalue weighted by Crippen LogP contribution is 2.44. The lowest BCUT2D eigenvalue weighted by Gasteiger charge is -2.34. The van der Waals surface area contributed by atoms with E-state index in [1.54, 1.807) is 30.3 Å². The highest BCUT2D eigenvalue weighted by Gasteiger charge is 2.39. The third-order valence-corrected chi connectivity index (χ3v) is 6.68. The number of fused-ring (bicyclic) bond motifs is 3. The van der Waals surface area contributed by atoms with E-state index in [1.807, 2.05) is 36.4 Å². The molecule has 3 aromatic carbocycles. The number of likely N-dealkylation sites (N-methyl/N-ethyl adjacent to an activating group) is 1. The van der Waals surface area contributed by atoms with E-state index < -0.39 is 29.6 Å². The average molecular weight is 473 g/mol. The van der Waals surface area contributed by atoms with Crippen LogP contribution >= 0.6 is 0 Å². The number of carboxylic acid groups (broad SMARTS) is 1. The number of alkyl carbamates (subject to hydrolysis) is 1. The molecule has 7 nitrogen and oxygen atoms in total. The summed E-state index contributed by atoms with van der Waals surface area (Å²) in [4.78, 5) is 39.0. The average Bonchev–Trinajstić information content (AvgIpc) is 3.19. The van der Waals surface area contributed by atoms with E-state index in [2.05, 4.69) is 17.4 Å². The third-order valence-electron chi connectivity index (χ3n) is 6.68. The van der Waals surface area contributed by atoms with Crippen molar-refractivity contribution in [2.24, 2.45) is 0 Å². The van der Waals surface area contributed by atoms with Crippen LogP contribution in [0.4, 0.5) is 4.79 Å². The predicted octanol–water partition coefficient (Wildman–Crippen LogP) is 4.59. The van der Waals surface area contributed by atoms with Gasteiger partial charge in [0.2, 0.25) is 0 Å². The molecule has 0 fully saturated rings. The Kier molecular flexibility index (Phi) is 6.60. The predicted molar refractivity (Wildman–Crippen MR) is 132 cm³/mol. The van der Waals surface area contributed by atoms with Crippen LogP contribution in [0.15, 0.2) is 78.9 Å². The number of nitrogens with one attached hydrogen (secondary N) is 1. The second-order valence-electron chi connectivity index (χ2n) is 9.08.